The van der Waals surface area contributed by atoms with E-state index in [0.29, 0.717) is 0 Å². The summed E-state index contributed by atoms with van der Waals surface area (Å²) in [5.74, 6) is 0. The lowest BCUT2D eigenvalue weighted by atomic mass is 10.1. The molecule has 0 bridgehead atoms. The Morgan fingerprint density at radius 1 is 0.216 bits per heavy atom. The van der Waals surface area contributed by atoms with E-state index in [1.165, 1.54) is 199 Å². The first-order valence-electron chi connectivity index (χ1n) is 18.0. The summed E-state index contributed by atoms with van der Waals surface area (Å²) >= 11 is 0. The lowest BCUT2D eigenvalue weighted by molar-refractivity contribution is 0.254. The monoisotopic (exact) mass is 524 g/mol. The average molecular weight is 524 g/mol. The second kappa shape index (κ2) is 38.1. The molecular formula is C36H77N. The minimum Gasteiger partial charge on any atom is -0.303 e. The highest BCUT2D eigenvalue weighted by Gasteiger charge is 2.05. The fourth-order valence-electron chi connectivity index (χ4n) is 5.24. The Morgan fingerprint density at radius 3 is 0.568 bits per heavy atom. The molecule has 0 saturated heterocycles. The third kappa shape index (κ3) is 38.2. The van der Waals surface area contributed by atoms with E-state index in [1.54, 1.807) is 0 Å². The summed E-state index contributed by atoms with van der Waals surface area (Å²) in [6, 6.07) is 0. The van der Waals surface area contributed by atoms with E-state index in [4.69, 9.17) is 0 Å². The maximum Gasteiger partial charge on any atom is -0.00187 e. The first kappa shape index (κ1) is 39.1. The molecule has 0 amide bonds. The molecule has 0 aliphatic heterocycles. The molecule has 0 aromatic heterocycles. The van der Waals surface area contributed by atoms with Gasteiger partial charge in [0.25, 0.3) is 0 Å². The van der Waals surface area contributed by atoms with Crippen LogP contribution in [-0.2, 0) is 0 Å². The molecule has 0 aliphatic carbocycles. The van der Waals surface area contributed by atoms with E-state index in [2.05, 4.69) is 39.5 Å². The van der Waals surface area contributed by atoms with Crippen LogP contribution in [0.1, 0.15) is 214 Å². The van der Waals surface area contributed by atoms with Crippen molar-refractivity contribution in [3.63, 3.8) is 0 Å². The Labute approximate surface area is 238 Å². The van der Waals surface area contributed by atoms with E-state index >= 15 is 0 Å². The molecule has 1 nitrogen and oxygen atoms in total. The smallest absolute Gasteiger partial charge is 0.00187 e. The Balaban J connectivity index is 0. The van der Waals surface area contributed by atoms with Gasteiger partial charge in [-0.25, -0.2) is 0 Å². The summed E-state index contributed by atoms with van der Waals surface area (Å²) in [5, 5.41) is 0. The molecule has 0 heterocycles. The maximum atomic E-state index is 2.79. The van der Waals surface area contributed by atoms with Crippen LogP contribution in [0.2, 0.25) is 0 Å². The summed E-state index contributed by atoms with van der Waals surface area (Å²) in [6.45, 7) is 15.6. The molecule has 0 rings (SSSR count). The van der Waals surface area contributed by atoms with E-state index in [0.717, 1.165) is 0 Å². The summed E-state index contributed by atoms with van der Waals surface area (Å²) in [7, 11) is 0. The molecule has 0 spiro atoms. The van der Waals surface area contributed by atoms with Gasteiger partial charge in [-0.3, -0.25) is 0 Å². The quantitative estimate of drug-likeness (QED) is 0.0846. The van der Waals surface area contributed by atoms with Crippen LogP contribution < -0.4 is 0 Å². The molecule has 0 aliphatic rings. The lowest BCUT2D eigenvalue weighted by Gasteiger charge is -2.22. The highest BCUT2D eigenvalue weighted by atomic mass is 15.1. The van der Waals surface area contributed by atoms with Crippen molar-refractivity contribution in [2.24, 2.45) is 0 Å². The normalized spacial score (nSPS) is 11.2. The standard InChI is InChI=1S/C24H51N.C12H26/c1-4-7-10-13-16-19-22-25(23-20-17-14-11-8-5-2)24-21-18-15-12-9-6-3;1-3-5-7-9-11-12-10-8-6-4-2/h4-24H2,1-3H3;3-12H2,1-2H3. The van der Waals surface area contributed by atoms with Crippen molar-refractivity contribution in [2.45, 2.75) is 214 Å². The van der Waals surface area contributed by atoms with Crippen LogP contribution in [-0.4, -0.2) is 24.5 Å². The second-order valence-electron chi connectivity index (χ2n) is 12.0. The van der Waals surface area contributed by atoms with Gasteiger partial charge in [0.2, 0.25) is 0 Å². The van der Waals surface area contributed by atoms with Crippen molar-refractivity contribution in [1.29, 1.82) is 0 Å². The van der Waals surface area contributed by atoms with Gasteiger partial charge in [-0.2, -0.15) is 0 Å². The zero-order valence-electron chi connectivity index (χ0n) is 27.4. The molecule has 0 N–H and O–H groups in total. The van der Waals surface area contributed by atoms with Crippen molar-refractivity contribution >= 4 is 0 Å². The maximum absolute atomic E-state index is 2.79. The van der Waals surface area contributed by atoms with E-state index in [1.807, 2.05) is 0 Å². The van der Waals surface area contributed by atoms with E-state index in [-0.39, 0.29) is 0 Å². The number of hydrogen-bond acceptors (Lipinski definition) is 1. The Hall–Kier alpha value is -0.0400. The SMILES string of the molecule is CCCCCCCCCCCC.CCCCCCCCN(CCCCCCCC)CCCCCCCC. The van der Waals surface area contributed by atoms with Gasteiger partial charge in [0.15, 0.2) is 0 Å². The highest BCUT2D eigenvalue weighted by molar-refractivity contribution is 4.60. The van der Waals surface area contributed by atoms with Crippen LogP contribution in [0.25, 0.3) is 0 Å². The summed E-state index contributed by atoms with van der Waals surface area (Å²) in [5.41, 5.74) is 0. The zero-order chi connectivity index (χ0) is 27.5. The van der Waals surface area contributed by atoms with E-state index in [9.17, 15) is 0 Å². The molecule has 226 valence electrons. The third-order valence-electron chi connectivity index (χ3n) is 7.94. The molecular weight excluding hydrogens is 446 g/mol. The molecule has 0 aromatic rings. The predicted molar refractivity (Wildman–Crippen MR) is 174 cm³/mol. The number of rotatable bonds is 30. The van der Waals surface area contributed by atoms with Crippen LogP contribution in [0, 0.1) is 0 Å². The molecule has 0 saturated carbocycles. The van der Waals surface area contributed by atoms with Crippen molar-refractivity contribution in [1.82, 2.24) is 4.90 Å². The van der Waals surface area contributed by atoms with Gasteiger partial charge >= 0.3 is 0 Å². The van der Waals surface area contributed by atoms with Gasteiger partial charge in [-0.15, -0.1) is 0 Å². The van der Waals surface area contributed by atoms with Gasteiger partial charge in [0, 0.05) is 0 Å². The van der Waals surface area contributed by atoms with Crippen molar-refractivity contribution in [3.8, 4) is 0 Å². The average Bonchev–Trinajstić information content (AvgIpc) is 2.91. The van der Waals surface area contributed by atoms with Crippen LogP contribution in [0.5, 0.6) is 0 Å². The van der Waals surface area contributed by atoms with Gasteiger partial charge < -0.3 is 4.90 Å². The molecule has 0 fully saturated rings. The second-order valence-corrected chi connectivity index (χ2v) is 12.0. The number of nitrogens with zero attached hydrogens (tertiary/aromatic N) is 1. The van der Waals surface area contributed by atoms with Crippen LogP contribution in [0.3, 0.4) is 0 Å². The highest BCUT2D eigenvalue weighted by Crippen LogP contribution is 2.12. The van der Waals surface area contributed by atoms with E-state index < -0.39 is 0 Å². The molecule has 0 atom stereocenters. The summed E-state index contributed by atoms with van der Waals surface area (Å²) < 4.78 is 0. The topological polar surface area (TPSA) is 3.24 Å². The van der Waals surface area contributed by atoms with Crippen LogP contribution in [0.4, 0.5) is 0 Å². The van der Waals surface area contributed by atoms with Gasteiger partial charge in [-0.1, -0.05) is 195 Å². The molecule has 0 unspecified atom stereocenters. The Morgan fingerprint density at radius 2 is 0.378 bits per heavy atom. The largest absolute Gasteiger partial charge is 0.303 e. The molecule has 0 radical (unpaired) electrons. The number of unbranched alkanes of at least 4 members (excludes halogenated alkanes) is 24. The minimum atomic E-state index is 1.36. The van der Waals surface area contributed by atoms with Gasteiger partial charge in [-0.05, 0) is 38.9 Å². The van der Waals surface area contributed by atoms with Gasteiger partial charge in [0.1, 0.15) is 0 Å². The fourth-order valence-corrected chi connectivity index (χ4v) is 5.24. The van der Waals surface area contributed by atoms with Crippen LogP contribution in [0.15, 0.2) is 0 Å². The lowest BCUT2D eigenvalue weighted by Crippen LogP contribution is -2.27. The minimum absolute atomic E-state index is 1.36. The van der Waals surface area contributed by atoms with Crippen molar-refractivity contribution < 1.29 is 0 Å². The van der Waals surface area contributed by atoms with Gasteiger partial charge in [0.05, 0.1) is 0 Å². The molecule has 1 heteroatoms. The summed E-state index contributed by atoms with van der Waals surface area (Å²) in [4.78, 5) is 2.79. The zero-order valence-corrected chi connectivity index (χ0v) is 27.4. The number of hydrogen-bond donors (Lipinski definition) is 0. The van der Waals surface area contributed by atoms with Crippen molar-refractivity contribution in [3.05, 3.63) is 0 Å². The first-order valence-corrected chi connectivity index (χ1v) is 18.0. The Bertz CT molecular complexity index is 305. The Kier molecular flexibility index (Phi) is 40.3. The third-order valence-corrected chi connectivity index (χ3v) is 7.94. The summed E-state index contributed by atoms with van der Waals surface area (Å²) in [6.07, 6.45) is 40.2. The molecule has 0 aromatic carbocycles. The fraction of sp³-hybridized carbons (Fsp3) is 1.00. The predicted octanol–water partition coefficient (Wildman–Crippen LogP) is 13.3. The van der Waals surface area contributed by atoms with Crippen LogP contribution >= 0.6 is 0 Å². The van der Waals surface area contributed by atoms with Crippen molar-refractivity contribution in [2.75, 3.05) is 19.6 Å². The first-order chi connectivity index (χ1) is 18.3. The molecule has 37 heavy (non-hydrogen) atoms.